The lowest BCUT2D eigenvalue weighted by Gasteiger charge is -2.25. The molecule has 0 saturated heterocycles. The van der Waals surface area contributed by atoms with Crippen molar-refractivity contribution in [3.63, 3.8) is 0 Å². The van der Waals surface area contributed by atoms with Gasteiger partial charge >= 0.3 is 0 Å². The quantitative estimate of drug-likeness (QED) is 0.305. The van der Waals surface area contributed by atoms with Crippen LogP contribution in [0.2, 0.25) is 0 Å². The molecule has 1 aliphatic rings. The van der Waals surface area contributed by atoms with Gasteiger partial charge in [0, 0.05) is 19.8 Å². The van der Waals surface area contributed by atoms with Crippen molar-refractivity contribution in [2.45, 2.75) is 111 Å². The molecule has 0 aliphatic carbocycles. The van der Waals surface area contributed by atoms with Gasteiger partial charge in [0.05, 0.1) is 0 Å². The summed E-state index contributed by atoms with van der Waals surface area (Å²) in [6, 6.07) is 0. The lowest BCUT2D eigenvalue weighted by Crippen LogP contribution is -2.44. The molecule has 0 atom stereocenters. The Hall–Kier alpha value is -1.43. The Balaban J connectivity index is 0.00000153. The second-order valence-electron chi connectivity index (χ2n) is 7.21. The third-order valence-corrected chi connectivity index (χ3v) is 4.57. The molecule has 0 fully saturated rings. The Kier molecular flexibility index (Phi) is 17.0. The summed E-state index contributed by atoms with van der Waals surface area (Å²) in [7, 11) is 0. The molecule has 1 rings (SSSR count). The number of carboxylic acids is 1. The van der Waals surface area contributed by atoms with Crippen molar-refractivity contribution >= 4 is 17.6 Å². The molecule has 1 heterocycles. The van der Waals surface area contributed by atoms with Crippen molar-refractivity contribution < 1.29 is 9.90 Å². The molecule has 0 amide bonds. The third kappa shape index (κ3) is 15.3. The molecule has 0 spiro atoms. The van der Waals surface area contributed by atoms with E-state index in [0.29, 0.717) is 6.67 Å². The number of amidine groups is 2. The van der Waals surface area contributed by atoms with Crippen molar-refractivity contribution in [3.05, 3.63) is 0 Å². The zero-order chi connectivity index (χ0) is 20.3. The lowest BCUT2D eigenvalue weighted by atomic mass is 10.1. The smallest absolute Gasteiger partial charge is 0.300 e. The summed E-state index contributed by atoms with van der Waals surface area (Å²) in [5.74, 6) is 7.46. The van der Waals surface area contributed by atoms with Gasteiger partial charge in [-0.1, -0.05) is 78.1 Å². The minimum absolute atomic E-state index is 0.573. The second-order valence-corrected chi connectivity index (χ2v) is 7.21. The molecule has 6 nitrogen and oxygen atoms in total. The molecular formula is C21H42N4O2. The first-order valence-corrected chi connectivity index (χ1v) is 10.8. The molecule has 0 bridgehead atoms. The molecule has 0 aromatic heterocycles. The number of unbranched alkanes of at least 4 members (excludes halogenated alkanes) is 10. The highest BCUT2D eigenvalue weighted by molar-refractivity contribution is 6.01. The molecule has 1 aliphatic heterocycles. The van der Waals surface area contributed by atoms with Crippen LogP contribution in [0.15, 0.2) is 9.98 Å². The molecule has 0 unspecified atom stereocenters. The van der Waals surface area contributed by atoms with Gasteiger partial charge in [-0.25, -0.2) is 15.8 Å². The zero-order valence-electron chi connectivity index (χ0n) is 17.9. The summed E-state index contributed by atoms with van der Waals surface area (Å²) in [4.78, 5) is 18.0. The molecular weight excluding hydrogens is 340 g/mol. The van der Waals surface area contributed by atoms with Gasteiger partial charge in [-0.15, -0.1) is 0 Å². The van der Waals surface area contributed by atoms with Crippen molar-refractivity contribution in [1.82, 2.24) is 5.01 Å². The van der Waals surface area contributed by atoms with Gasteiger partial charge in [0.25, 0.3) is 5.97 Å². The average molecular weight is 383 g/mol. The van der Waals surface area contributed by atoms with Gasteiger partial charge < -0.3 is 5.11 Å². The number of nitrogens with two attached hydrogens (primary N) is 1. The molecule has 0 aromatic carbocycles. The Morgan fingerprint density at radius 3 is 1.56 bits per heavy atom. The minimum Gasteiger partial charge on any atom is -0.481 e. The van der Waals surface area contributed by atoms with E-state index in [0.717, 1.165) is 31.4 Å². The predicted molar refractivity (Wildman–Crippen MR) is 115 cm³/mol. The largest absolute Gasteiger partial charge is 0.481 e. The summed E-state index contributed by atoms with van der Waals surface area (Å²) in [6.07, 6.45) is 17.7. The van der Waals surface area contributed by atoms with Crippen LogP contribution in [0.25, 0.3) is 0 Å². The normalized spacial score (nSPS) is 13.6. The number of hydrogen-bond donors (Lipinski definition) is 2. The topological polar surface area (TPSA) is 91.3 Å². The molecule has 27 heavy (non-hydrogen) atoms. The van der Waals surface area contributed by atoms with Crippen LogP contribution in [0.3, 0.4) is 0 Å². The third-order valence-electron chi connectivity index (χ3n) is 4.57. The number of hydrogen-bond acceptors (Lipinski definition) is 5. The number of nitrogens with zero attached hydrogens (tertiary/aromatic N) is 3. The predicted octanol–water partition coefficient (Wildman–Crippen LogP) is 5.52. The van der Waals surface area contributed by atoms with E-state index in [1.54, 1.807) is 5.01 Å². The maximum atomic E-state index is 9.00. The summed E-state index contributed by atoms with van der Waals surface area (Å²) >= 11 is 0. The van der Waals surface area contributed by atoms with Crippen molar-refractivity contribution in [1.29, 1.82) is 0 Å². The number of carboxylic acid groups (broad SMARTS) is 1. The molecule has 0 radical (unpaired) electrons. The summed E-state index contributed by atoms with van der Waals surface area (Å²) in [5, 5.41) is 9.18. The van der Waals surface area contributed by atoms with Crippen LogP contribution in [-0.4, -0.2) is 34.4 Å². The molecule has 0 aromatic rings. The summed E-state index contributed by atoms with van der Waals surface area (Å²) < 4.78 is 0. The van der Waals surface area contributed by atoms with E-state index in [2.05, 4.69) is 23.8 Å². The van der Waals surface area contributed by atoms with Gasteiger partial charge in [-0.2, -0.15) is 0 Å². The van der Waals surface area contributed by atoms with Crippen molar-refractivity contribution in [2.24, 2.45) is 15.8 Å². The van der Waals surface area contributed by atoms with Crippen LogP contribution >= 0.6 is 0 Å². The fraction of sp³-hybridized carbons (Fsp3) is 0.857. The van der Waals surface area contributed by atoms with Crippen LogP contribution in [0.4, 0.5) is 0 Å². The van der Waals surface area contributed by atoms with E-state index in [1.165, 1.54) is 77.0 Å². The standard InChI is InChI=1S/C19H38N4.C2H4O2/c1-3-5-7-9-11-13-15-18-21-17-22-19(23(18)20)16-14-12-10-8-6-4-2;1-2(3)4/h3-17,20H2,1-2H3;1H3,(H,3,4). The first kappa shape index (κ1) is 25.6. The maximum Gasteiger partial charge on any atom is 0.300 e. The van der Waals surface area contributed by atoms with Gasteiger partial charge in [0.2, 0.25) is 0 Å². The van der Waals surface area contributed by atoms with E-state index in [4.69, 9.17) is 15.7 Å². The van der Waals surface area contributed by atoms with Crippen LogP contribution < -0.4 is 5.84 Å². The lowest BCUT2D eigenvalue weighted by molar-refractivity contribution is -0.134. The first-order chi connectivity index (χ1) is 13.0. The van der Waals surface area contributed by atoms with Crippen molar-refractivity contribution in [2.75, 3.05) is 6.67 Å². The van der Waals surface area contributed by atoms with E-state index < -0.39 is 5.97 Å². The average Bonchev–Trinajstić information content (AvgIpc) is 2.63. The summed E-state index contributed by atoms with van der Waals surface area (Å²) in [6.45, 7) is 6.17. The minimum atomic E-state index is -0.833. The van der Waals surface area contributed by atoms with E-state index in [1.807, 2.05) is 0 Å². The number of aliphatic carboxylic acids is 1. The maximum absolute atomic E-state index is 9.00. The van der Waals surface area contributed by atoms with Crippen LogP contribution in [0.1, 0.15) is 111 Å². The van der Waals surface area contributed by atoms with Gasteiger partial charge in [0.1, 0.15) is 18.3 Å². The number of aliphatic imine (C=N–C) groups is 2. The fourth-order valence-electron chi connectivity index (χ4n) is 3.03. The van der Waals surface area contributed by atoms with E-state index in [9.17, 15) is 0 Å². The Morgan fingerprint density at radius 2 is 1.19 bits per heavy atom. The van der Waals surface area contributed by atoms with Gasteiger partial charge in [-0.05, 0) is 12.8 Å². The highest BCUT2D eigenvalue weighted by Gasteiger charge is 2.16. The number of hydrazine groups is 1. The Labute approximate surface area is 166 Å². The van der Waals surface area contributed by atoms with Gasteiger partial charge in [0.15, 0.2) is 0 Å². The second kappa shape index (κ2) is 18.0. The highest BCUT2D eigenvalue weighted by atomic mass is 16.4. The van der Waals surface area contributed by atoms with Crippen LogP contribution in [0.5, 0.6) is 0 Å². The Morgan fingerprint density at radius 1 is 0.852 bits per heavy atom. The molecule has 158 valence electrons. The SMILES string of the molecule is CC(=O)O.CCCCCCCCC1=NCN=C(CCCCCCCC)N1N. The number of carbonyl (C=O) groups is 1. The van der Waals surface area contributed by atoms with E-state index in [-0.39, 0.29) is 0 Å². The van der Waals surface area contributed by atoms with Crippen LogP contribution in [-0.2, 0) is 4.79 Å². The molecule has 3 N–H and O–H groups in total. The Bertz CT molecular complexity index is 400. The van der Waals surface area contributed by atoms with E-state index >= 15 is 0 Å². The number of rotatable bonds is 14. The first-order valence-electron chi connectivity index (χ1n) is 10.8. The molecule has 0 saturated carbocycles. The summed E-state index contributed by atoms with van der Waals surface area (Å²) in [5.41, 5.74) is 0. The van der Waals surface area contributed by atoms with Crippen molar-refractivity contribution in [3.8, 4) is 0 Å². The molecule has 6 heteroatoms. The monoisotopic (exact) mass is 382 g/mol. The fourth-order valence-corrected chi connectivity index (χ4v) is 3.03. The highest BCUT2D eigenvalue weighted by Crippen LogP contribution is 2.13. The van der Waals surface area contributed by atoms with Crippen LogP contribution in [0, 0.1) is 0 Å². The van der Waals surface area contributed by atoms with Gasteiger partial charge in [-0.3, -0.25) is 9.80 Å². The zero-order valence-corrected chi connectivity index (χ0v) is 17.9.